The highest BCUT2D eigenvalue weighted by atomic mass is 15.1. The Balaban J connectivity index is 1.67. The van der Waals surface area contributed by atoms with E-state index in [1.807, 2.05) is 23.0 Å². The predicted molar refractivity (Wildman–Crippen MR) is 83.2 cm³/mol. The first-order chi connectivity index (χ1) is 9.90. The normalized spacial score (nSPS) is 10.7. The van der Waals surface area contributed by atoms with Crippen LogP contribution in [-0.2, 0) is 0 Å². The third-order valence-electron chi connectivity index (χ3n) is 3.38. The lowest BCUT2D eigenvalue weighted by Crippen LogP contribution is -2.02. The van der Waals surface area contributed by atoms with Gasteiger partial charge in [0.1, 0.15) is 12.1 Å². The summed E-state index contributed by atoms with van der Waals surface area (Å²) in [4.78, 5) is 8.44. The SMILES string of the molecule is CCCCCCCCNc1ccc(-n2ccnc2)nc1. The van der Waals surface area contributed by atoms with Gasteiger partial charge in [0.2, 0.25) is 0 Å². The second-order valence-corrected chi connectivity index (χ2v) is 5.07. The molecular formula is C16H24N4. The van der Waals surface area contributed by atoms with E-state index < -0.39 is 0 Å². The van der Waals surface area contributed by atoms with Crippen molar-refractivity contribution < 1.29 is 0 Å². The van der Waals surface area contributed by atoms with Crippen LogP contribution in [-0.4, -0.2) is 21.1 Å². The first kappa shape index (κ1) is 14.6. The standard InChI is InChI=1S/C16H24N4/c1-2-3-4-5-6-7-10-18-15-8-9-16(19-13-15)20-12-11-17-14-20/h8-9,11-14,18H,2-7,10H2,1H3. The van der Waals surface area contributed by atoms with Gasteiger partial charge in [-0.2, -0.15) is 0 Å². The third kappa shape index (κ3) is 4.68. The molecular weight excluding hydrogens is 248 g/mol. The quantitative estimate of drug-likeness (QED) is 0.701. The van der Waals surface area contributed by atoms with Gasteiger partial charge >= 0.3 is 0 Å². The van der Waals surface area contributed by atoms with Crippen LogP contribution in [0.5, 0.6) is 0 Å². The van der Waals surface area contributed by atoms with Crippen LogP contribution in [0.1, 0.15) is 45.4 Å². The minimum absolute atomic E-state index is 0.896. The number of aromatic nitrogens is 3. The van der Waals surface area contributed by atoms with E-state index in [1.165, 1.54) is 38.5 Å². The molecule has 0 atom stereocenters. The van der Waals surface area contributed by atoms with E-state index in [-0.39, 0.29) is 0 Å². The van der Waals surface area contributed by atoms with Crippen LogP contribution in [0.25, 0.3) is 5.82 Å². The first-order valence-corrected chi connectivity index (χ1v) is 7.58. The molecule has 4 heteroatoms. The van der Waals surface area contributed by atoms with Crippen molar-refractivity contribution in [2.75, 3.05) is 11.9 Å². The average molecular weight is 272 g/mol. The van der Waals surface area contributed by atoms with Crippen molar-refractivity contribution >= 4 is 5.69 Å². The highest BCUT2D eigenvalue weighted by Gasteiger charge is 1.97. The zero-order valence-corrected chi connectivity index (χ0v) is 12.3. The van der Waals surface area contributed by atoms with E-state index in [1.54, 1.807) is 12.5 Å². The van der Waals surface area contributed by atoms with E-state index in [2.05, 4.69) is 28.3 Å². The molecule has 0 aliphatic rings. The molecule has 0 amide bonds. The highest BCUT2D eigenvalue weighted by Crippen LogP contribution is 2.10. The van der Waals surface area contributed by atoms with Gasteiger partial charge in [0.25, 0.3) is 0 Å². The maximum absolute atomic E-state index is 4.42. The number of unbranched alkanes of at least 4 members (excludes halogenated alkanes) is 5. The van der Waals surface area contributed by atoms with E-state index in [9.17, 15) is 0 Å². The van der Waals surface area contributed by atoms with Crippen molar-refractivity contribution in [3.63, 3.8) is 0 Å². The molecule has 1 N–H and O–H groups in total. The lowest BCUT2D eigenvalue weighted by Gasteiger charge is -2.07. The molecule has 4 nitrogen and oxygen atoms in total. The molecule has 2 rings (SSSR count). The second kappa shape index (κ2) is 8.35. The van der Waals surface area contributed by atoms with Crippen molar-refractivity contribution in [2.24, 2.45) is 0 Å². The zero-order chi connectivity index (χ0) is 14.0. The van der Waals surface area contributed by atoms with Gasteiger partial charge in [-0.15, -0.1) is 0 Å². The molecule has 108 valence electrons. The number of hydrogen-bond donors (Lipinski definition) is 1. The van der Waals surface area contributed by atoms with Crippen molar-refractivity contribution in [2.45, 2.75) is 45.4 Å². The second-order valence-electron chi connectivity index (χ2n) is 5.07. The van der Waals surface area contributed by atoms with E-state index >= 15 is 0 Å². The monoisotopic (exact) mass is 272 g/mol. The van der Waals surface area contributed by atoms with Gasteiger partial charge < -0.3 is 5.32 Å². The summed E-state index contributed by atoms with van der Waals surface area (Å²) in [6, 6.07) is 4.07. The van der Waals surface area contributed by atoms with Gasteiger partial charge in [0, 0.05) is 18.9 Å². The molecule has 2 aromatic heterocycles. The van der Waals surface area contributed by atoms with Crippen LogP contribution in [0.3, 0.4) is 0 Å². The molecule has 0 aliphatic carbocycles. The molecule has 2 aromatic rings. The summed E-state index contributed by atoms with van der Waals surface area (Å²) in [5.41, 5.74) is 1.09. The molecule has 2 heterocycles. The van der Waals surface area contributed by atoms with Crippen LogP contribution in [0, 0.1) is 0 Å². The summed E-state index contributed by atoms with van der Waals surface area (Å²) >= 11 is 0. The lowest BCUT2D eigenvalue weighted by molar-refractivity contribution is 0.617. The van der Waals surface area contributed by atoms with Crippen molar-refractivity contribution in [3.05, 3.63) is 37.1 Å². The molecule has 20 heavy (non-hydrogen) atoms. The van der Waals surface area contributed by atoms with Crippen molar-refractivity contribution in [3.8, 4) is 5.82 Å². The Morgan fingerprint density at radius 1 is 1.10 bits per heavy atom. The number of imidazole rings is 1. The highest BCUT2D eigenvalue weighted by molar-refractivity contribution is 5.43. The van der Waals surface area contributed by atoms with Gasteiger partial charge in [-0.05, 0) is 18.6 Å². The molecule has 0 bridgehead atoms. The molecule has 0 radical (unpaired) electrons. The lowest BCUT2D eigenvalue weighted by atomic mass is 10.1. The molecule has 0 aliphatic heterocycles. The number of anilines is 1. The summed E-state index contributed by atoms with van der Waals surface area (Å²) in [7, 11) is 0. The minimum Gasteiger partial charge on any atom is -0.384 e. The van der Waals surface area contributed by atoms with Gasteiger partial charge in [0.15, 0.2) is 0 Å². The van der Waals surface area contributed by atoms with E-state index in [4.69, 9.17) is 0 Å². The summed E-state index contributed by atoms with van der Waals surface area (Å²) in [6.45, 7) is 3.28. The molecule has 0 saturated heterocycles. The smallest absolute Gasteiger partial charge is 0.137 e. The predicted octanol–water partition coefficient (Wildman–Crippen LogP) is 4.04. The zero-order valence-electron chi connectivity index (χ0n) is 12.3. The fourth-order valence-corrected chi connectivity index (χ4v) is 2.18. The van der Waals surface area contributed by atoms with Crippen LogP contribution in [0.4, 0.5) is 5.69 Å². The minimum atomic E-state index is 0.896. The Hall–Kier alpha value is -1.84. The molecule has 0 spiro atoms. The summed E-state index contributed by atoms with van der Waals surface area (Å²) in [6.07, 6.45) is 15.2. The van der Waals surface area contributed by atoms with Gasteiger partial charge in [-0.3, -0.25) is 4.57 Å². The summed E-state index contributed by atoms with van der Waals surface area (Å²) in [5, 5.41) is 3.42. The fourth-order valence-electron chi connectivity index (χ4n) is 2.18. The molecule has 0 saturated carbocycles. The third-order valence-corrected chi connectivity index (χ3v) is 3.38. The van der Waals surface area contributed by atoms with Gasteiger partial charge in [-0.1, -0.05) is 39.0 Å². The largest absolute Gasteiger partial charge is 0.384 e. The summed E-state index contributed by atoms with van der Waals surface area (Å²) in [5.74, 6) is 0.896. The van der Waals surface area contributed by atoms with Crippen molar-refractivity contribution in [1.82, 2.24) is 14.5 Å². The van der Waals surface area contributed by atoms with Gasteiger partial charge in [0.05, 0.1) is 11.9 Å². The topological polar surface area (TPSA) is 42.7 Å². The Bertz CT molecular complexity index is 462. The molecule has 0 aromatic carbocycles. The number of nitrogens with zero attached hydrogens (tertiary/aromatic N) is 3. The molecule has 0 unspecified atom stereocenters. The maximum atomic E-state index is 4.42. The first-order valence-electron chi connectivity index (χ1n) is 7.58. The Labute approximate surface area is 121 Å². The Kier molecular flexibility index (Phi) is 6.08. The number of pyridine rings is 1. The summed E-state index contributed by atoms with van der Waals surface area (Å²) < 4.78 is 1.90. The number of rotatable bonds is 9. The Morgan fingerprint density at radius 3 is 2.65 bits per heavy atom. The van der Waals surface area contributed by atoms with Crippen LogP contribution < -0.4 is 5.32 Å². The maximum Gasteiger partial charge on any atom is 0.137 e. The van der Waals surface area contributed by atoms with Gasteiger partial charge in [-0.25, -0.2) is 9.97 Å². The van der Waals surface area contributed by atoms with Crippen LogP contribution >= 0.6 is 0 Å². The fraction of sp³-hybridized carbons (Fsp3) is 0.500. The average Bonchev–Trinajstić information content (AvgIpc) is 3.01. The van der Waals surface area contributed by atoms with E-state index in [0.717, 1.165) is 18.1 Å². The molecule has 0 fully saturated rings. The number of hydrogen-bond acceptors (Lipinski definition) is 3. The van der Waals surface area contributed by atoms with Crippen molar-refractivity contribution in [1.29, 1.82) is 0 Å². The number of nitrogens with one attached hydrogen (secondary N) is 1. The van der Waals surface area contributed by atoms with Crippen LogP contribution in [0.2, 0.25) is 0 Å². The van der Waals surface area contributed by atoms with Crippen LogP contribution in [0.15, 0.2) is 37.1 Å². The Morgan fingerprint density at radius 2 is 1.95 bits per heavy atom. The van der Waals surface area contributed by atoms with E-state index in [0.29, 0.717) is 0 Å².